The van der Waals surface area contributed by atoms with Crippen LogP contribution in [0.25, 0.3) is 10.8 Å². The standard InChI is InChI=1S/C25H18N4O4/c30-22-10-9-19(27-28-21-7-3-5-16-4-1-2-6-20(16)21)12-18(22)14-26-29-25(31)17-8-11-23-24(13-17)33-15-32-23/h1-14,30H,15H2,(H,29,31)/b26-14+,28-27-. The van der Waals surface area contributed by atoms with Crippen molar-refractivity contribution in [3.8, 4) is 17.2 Å². The van der Waals surface area contributed by atoms with E-state index in [1.165, 1.54) is 12.3 Å². The van der Waals surface area contributed by atoms with Crippen molar-refractivity contribution < 1.29 is 19.4 Å². The summed E-state index contributed by atoms with van der Waals surface area (Å²) in [4.78, 5) is 12.3. The van der Waals surface area contributed by atoms with Gasteiger partial charge < -0.3 is 14.6 Å². The second-order valence-electron chi connectivity index (χ2n) is 7.21. The van der Waals surface area contributed by atoms with E-state index in [1.807, 2.05) is 42.5 Å². The van der Waals surface area contributed by atoms with Crippen LogP contribution in [0.1, 0.15) is 15.9 Å². The number of hydrogen-bond donors (Lipinski definition) is 2. The molecule has 1 amide bonds. The Balaban J connectivity index is 1.31. The summed E-state index contributed by atoms with van der Waals surface area (Å²) in [5.41, 5.74) is 4.46. The van der Waals surface area contributed by atoms with Crippen molar-refractivity contribution in [3.63, 3.8) is 0 Å². The lowest BCUT2D eigenvalue weighted by Gasteiger charge is -2.03. The first-order valence-electron chi connectivity index (χ1n) is 10.1. The molecule has 1 heterocycles. The van der Waals surface area contributed by atoms with E-state index in [9.17, 15) is 9.90 Å². The maximum atomic E-state index is 12.3. The molecule has 0 unspecified atom stereocenters. The number of phenols is 1. The zero-order valence-corrected chi connectivity index (χ0v) is 17.3. The Morgan fingerprint density at radius 3 is 2.70 bits per heavy atom. The maximum Gasteiger partial charge on any atom is 0.271 e. The van der Waals surface area contributed by atoms with Crippen LogP contribution >= 0.6 is 0 Å². The molecule has 0 spiro atoms. The smallest absolute Gasteiger partial charge is 0.271 e. The van der Waals surface area contributed by atoms with Gasteiger partial charge in [-0.15, -0.1) is 5.11 Å². The molecule has 0 saturated carbocycles. The zero-order chi connectivity index (χ0) is 22.6. The molecular formula is C25H18N4O4. The predicted molar refractivity (Wildman–Crippen MR) is 124 cm³/mol. The number of carbonyl (C=O) groups excluding carboxylic acids is 1. The highest BCUT2D eigenvalue weighted by Gasteiger charge is 2.15. The summed E-state index contributed by atoms with van der Waals surface area (Å²) in [6, 6.07) is 23.4. The molecular weight excluding hydrogens is 420 g/mol. The number of nitrogens with one attached hydrogen (secondary N) is 1. The van der Waals surface area contributed by atoms with Crippen LogP contribution in [0.2, 0.25) is 0 Å². The highest BCUT2D eigenvalue weighted by atomic mass is 16.7. The van der Waals surface area contributed by atoms with Gasteiger partial charge in [0.1, 0.15) is 5.75 Å². The number of fused-ring (bicyclic) bond motifs is 2. The van der Waals surface area contributed by atoms with Crippen molar-refractivity contribution in [1.29, 1.82) is 0 Å². The van der Waals surface area contributed by atoms with E-state index in [4.69, 9.17) is 9.47 Å². The van der Waals surface area contributed by atoms with Gasteiger partial charge in [-0.3, -0.25) is 4.79 Å². The predicted octanol–water partition coefficient (Wildman–Crippen LogP) is 5.45. The number of azo groups is 1. The van der Waals surface area contributed by atoms with E-state index < -0.39 is 5.91 Å². The van der Waals surface area contributed by atoms with Crippen LogP contribution in [0.5, 0.6) is 17.2 Å². The summed E-state index contributed by atoms with van der Waals surface area (Å²) in [7, 11) is 0. The van der Waals surface area contributed by atoms with Gasteiger partial charge >= 0.3 is 0 Å². The van der Waals surface area contributed by atoms with Crippen molar-refractivity contribution in [3.05, 3.63) is 90.0 Å². The third-order valence-electron chi connectivity index (χ3n) is 5.06. The second-order valence-corrected chi connectivity index (χ2v) is 7.21. The first-order valence-corrected chi connectivity index (χ1v) is 10.1. The molecule has 8 heteroatoms. The van der Waals surface area contributed by atoms with Crippen LogP contribution in [0.3, 0.4) is 0 Å². The number of rotatable bonds is 5. The van der Waals surface area contributed by atoms with Crippen LogP contribution in [-0.4, -0.2) is 24.0 Å². The quantitative estimate of drug-likeness (QED) is 0.245. The number of hydrazone groups is 1. The Hall–Kier alpha value is -4.72. The lowest BCUT2D eigenvalue weighted by molar-refractivity contribution is 0.0954. The van der Waals surface area contributed by atoms with Gasteiger partial charge in [0.2, 0.25) is 6.79 Å². The van der Waals surface area contributed by atoms with Gasteiger partial charge in [0, 0.05) is 16.5 Å². The summed E-state index contributed by atoms with van der Waals surface area (Å²) in [6.45, 7) is 0.131. The molecule has 4 aromatic rings. The molecule has 0 aromatic heterocycles. The minimum atomic E-state index is -0.421. The number of aromatic hydroxyl groups is 1. The number of amides is 1. The number of phenolic OH excluding ortho intramolecular Hbond substituents is 1. The summed E-state index contributed by atoms with van der Waals surface area (Å²) < 4.78 is 10.5. The highest BCUT2D eigenvalue weighted by Crippen LogP contribution is 2.32. The van der Waals surface area contributed by atoms with Gasteiger partial charge in [-0.2, -0.15) is 10.2 Å². The number of carbonyl (C=O) groups is 1. The van der Waals surface area contributed by atoms with E-state index >= 15 is 0 Å². The molecule has 0 radical (unpaired) electrons. The van der Waals surface area contributed by atoms with Crippen LogP contribution in [0.4, 0.5) is 11.4 Å². The second kappa shape index (κ2) is 8.80. The molecule has 5 rings (SSSR count). The molecule has 0 bridgehead atoms. The topological polar surface area (TPSA) is 105 Å². The molecule has 8 nitrogen and oxygen atoms in total. The monoisotopic (exact) mass is 438 g/mol. The SMILES string of the molecule is O=C(N/N=C/c1cc(/N=N\c2cccc3ccccc23)ccc1O)c1ccc2c(c1)OCO2. The average molecular weight is 438 g/mol. The van der Waals surface area contributed by atoms with Crippen molar-refractivity contribution in [2.45, 2.75) is 0 Å². The minimum absolute atomic E-state index is 0.000175. The van der Waals surface area contributed by atoms with E-state index in [-0.39, 0.29) is 12.5 Å². The zero-order valence-electron chi connectivity index (χ0n) is 17.3. The van der Waals surface area contributed by atoms with Crippen LogP contribution < -0.4 is 14.9 Å². The fourth-order valence-electron chi connectivity index (χ4n) is 3.38. The summed E-state index contributed by atoms with van der Waals surface area (Å²) in [5.74, 6) is 0.680. The van der Waals surface area contributed by atoms with Crippen LogP contribution in [0, 0.1) is 0 Å². The highest BCUT2D eigenvalue weighted by molar-refractivity contribution is 5.96. The van der Waals surface area contributed by atoms with Gasteiger partial charge in [-0.1, -0.05) is 36.4 Å². The maximum absolute atomic E-state index is 12.3. The number of hydrogen-bond acceptors (Lipinski definition) is 7. The van der Waals surface area contributed by atoms with E-state index in [0.29, 0.717) is 28.3 Å². The van der Waals surface area contributed by atoms with Gasteiger partial charge in [-0.25, -0.2) is 5.43 Å². The normalized spacial score (nSPS) is 12.6. The molecule has 0 aliphatic carbocycles. The molecule has 0 fully saturated rings. The Morgan fingerprint density at radius 1 is 0.909 bits per heavy atom. The van der Waals surface area contributed by atoms with Gasteiger partial charge in [0.05, 0.1) is 17.6 Å². The first-order chi connectivity index (χ1) is 16.2. The number of benzene rings is 4. The van der Waals surface area contributed by atoms with Crippen molar-refractivity contribution in [2.75, 3.05) is 6.79 Å². The van der Waals surface area contributed by atoms with E-state index in [1.54, 1.807) is 30.3 Å². The third kappa shape index (κ3) is 4.35. The Labute approximate surface area is 188 Å². The van der Waals surface area contributed by atoms with Gasteiger partial charge in [0.25, 0.3) is 5.91 Å². The fraction of sp³-hybridized carbons (Fsp3) is 0.0400. The number of ether oxygens (including phenoxy) is 2. The Bertz CT molecular complexity index is 1410. The molecule has 33 heavy (non-hydrogen) atoms. The summed E-state index contributed by atoms with van der Waals surface area (Å²) >= 11 is 0. The summed E-state index contributed by atoms with van der Waals surface area (Å²) in [6.07, 6.45) is 1.34. The lowest BCUT2D eigenvalue weighted by Crippen LogP contribution is -2.17. The van der Waals surface area contributed by atoms with Crippen molar-refractivity contribution in [1.82, 2.24) is 5.43 Å². The van der Waals surface area contributed by atoms with Crippen LogP contribution in [-0.2, 0) is 0 Å². The summed E-state index contributed by atoms with van der Waals surface area (Å²) in [5, 5.41) is 24.8. The molecule has 1 aliphatic heterocycles. The fourth-order valence-corrected chi connectivity index (χ4v) is 3.38. The van der Waals surface area contributed by atoms with E-state index in [0.717, 1.165) is 16.5 Å². The Kier molecular flexibility index (Phi) is 5.38. The Morgan fingerprint density at radius 2 is 1.76 bits per heavy atom. The number of nitrogens with zero attached hydrogens (tertiary/aromatic N) is 3. The molecule has 0 saturated heterocycles. The van der Waals surface area contributed by atoms with Crippen LogP contribution in [0.15, 0.2) is 94.2 Å². The largest absolute Gasteiger partial charge is 0.507 e. The molecule has 4 aromatic carbocycles. The first kappa shape index (κ1) is 20.2. The minimum Gasteiger partial charge on any atom is -0.507 e. The van der Waals surface area contributed by atoms with Crippen molar-refractivity contribution >= 4 is 34.3 Å². The average Bonchev–Trinajstić information content (AvgIpc) is 3.32. The lowest BCUT2D eigenvalue weighted by atomic mass is 10.1. The van der Waals surface area contributed by atoms with Gasteiger partial charge in [0.15, 0.2) is 11.5 Å². The molecule has 162 valence electrons. The molecule has 0 atom stereocenters. The van der Waals surface area contributed by atoms with Gasteiger partial charge in [-0.05, 0) is 47.9 Å². The third-order valence-corrected chi connectivity index (χ3v) is 5.06. The van der Waals surface area contributed by atoms with E-state index in [2.05, 4.69) is 20.8 Å². The molecule has 2 N–H and O–H groups in total. The van der Waals surface area contributed by atoms with Crippen molar-refractivity contribution in [2.24, 2.45) is 15.3 Å². The molecule has 1 aliphatic rings.